The summed E-state index contributed by atoms with van der Waals surface area (Å²) in [4.78, 5) is 2.35. The molecule has 0 aromatic heterocycles. The fourth-order valence-electron chi connectivity index (χ4n) is 4.18. The number of benzene rings is 5. The predicted molar refractivity (Wildman–Crippen MR) is 116 cm³/mol. The van der Waals surface area contributed by atoms with Gasteiger partial charge in [0.25, 0.3) is 0 Å². The largest absolute Gasteiger partial charge is 0.453 e. The van der Waals surface area contributed by atoms with E-state index in [1.165, 1.54) is 27.2 Å². The van der Waals surface area contributed by atoms with Crippen LogP contribution in [0.4, 0.5) is 17.1 Å². The number of fused-ring (bicyclic) bond motifs is 4. The lowest BCUT2D eigenvalue weighted by molar-refractivity contribution is 0.477. The summed E-state index contributed by atoms with van der Waals surface area (Å²) >= 11 is 0. The van der Waals surface area contributed by atoms with E-state index >= 15 is 0 Å². The molecule has 0 atom stereocenters. The summed E-state index contributed by atoms with van der Waals surface area (Å²) in [5, 5.41) is 4.93. The Balaban J connectivity index is 1.79. The molecule has 1 aliphatic rings. The van der Waals surface area contributed by atoms with Gasteiger partial charge in [0.1, 0.15) is 0 Å². The highest BCUT2D eigenvalue weighted by atomic mass is 16.5. The average molecular weight is 359 g/mol. The molecule has 1 aliphatic heterocycles. The predicted octanol–water partition coefficient (Wildman–Crippen LogP) is 7.57. The quantitative estimate of drug-likeness (QED) is 0.281. The minimum Gasteiger partial charge on any atom is -0.453 e. The van der Waals surface area contributed by atoms with Crippen molar-refractivity contribution in [1.82, 2.24) is 0 Å². The van der Waals surface area contributed by atoms with Crippen LogP contribution in [0.15, 0.2) is 103 Å². The van der Waals surface area contributed by atoms with Gasteiger partial charge in [-0.1, -0.05) is 72.8 Å². The molecule has 28 heavy (non-hydrogen) atoms. The first-order valence-electron chi connectivity index (χ1n) is 9.47. The lowest BCUT2D eigenvalue weighted by Gasteiger charge is -2.34. The molecule has 0 radical (unpaired) electrons. The van der Waals surface area contributed by atoms with Gasteiger partial charge in [0.2, 0.25) is 0 Å². The van der Waals surface area contributed by atoms with E-state index in [0.717, 1.165) is 22.9 Å². The smallest absolute Gasteiger partial charge is 0.151 e. The molecule has 0 N–H and O–H groups in total. The Kier molecular flexibility index (Phi) is 3.20. The second kappa shape index (κ2) is 5.86. The number of hydrogen-bond donors (Lipinski definition) is 0. The van der Waals surface area contributed by atoms with Crippen molar-refractivity contribution in [2.24, 2.45) is 0 Å². The maximum absolute atomic E-state index is 6.21. The molecule has 5 aromatic rings. The second-order valence-electron chi connectivity index (χ2n) is 7.04. The van der Waals surface area contributed by atoms with E-state index in [2.05, 4.69) is 83.8 Å². The van der Waals surface area contributed by atoms with Crippen LogP contribution in [-0.2, 0) is 0 Å². The Labute approximate surface area is 163 Å². The first-order valence-corrected chi connectivity index (χ1v) is 9.47. The van der Waals surface area contributed by atoms with Gasteiger partial charge in [-0.3, -0.25) is 0 Å². The molecule has 5 aromatic carbocycles. The molecule has 0 fully saturated rings. The maximum atomic E-state index is 6.21. The Bertz CT molecular complexity index is 1260. The molecular formula is C26H17NO. The molecule has 0 amide bonds. The molecule has 0 spiro atoms. The van der Waals surface area contributed by atoms with Crippen LogP contribution in [0.2, 0.25) is 0 Å². The standard InChI is InChI=1S/C26H17NO/c1-3-11-20-18(9-1)17-19-10-2-4-12-21(19)26(20)27-22-13-5-7-15-24(22)28-25-16-8-6-14-23(25)27/h1-17H. The molecule has 2 nitrogen and oxygen atoms in total. The van der Waals surface area contributed by atoms with Gasteiger partial charge in [0.05, 0.1) is 17.1 Å². The van der Waals surface area contributed by atoms with Crippen molar-refractivity contribution < 1.29 is 4.74 Å². The van der Waals surface area contributed by atoms with Gasteiger partial charge < -0.3 is 9.64 Å². The SMILES string of the molecule is c1ccc2c(c1)Oc1ccccc1N2c1c2ccccc2cc2ccccc12. The molecule has 2 heteroatoms. The average Bonchev–Trinajstić information content (AvgIpc) is 2.76. The number of hydrogen-bond acceptors (Lipinski definition) is 2. The van der Waals surface area contributed by atoms with Crippen LogP contribution in [-0.4, -0.2) is 0 Å². The molecule has 0 unspecified atom stereocenters. The van der Waals surface area contributed by atoms with Crippen LogP contribution in [0.1, 0.15) is 0 Å². The summed E-state index contributed by atoms with van der Waals surface area (Å²) in [5.74, 6) is 1.75. The Hall–Kier alpha value is -3.78. The van der Waals surface area contributed by atoms with Crippen LogP contribution < -0.4 is 9.64 Å². The lowest BCUT2D eigenvalue weighted by Crippen LogP contribution is -2.16. The fourth-order valence-corrected chi connectivity index (χ4v) is 4.18. The molecular weight excluding hydrogens is 342 g/mol. The first kappa shape index (κ1) is 15.3. The van der Waals surface area contributed by atoms with Gasteiger partial charge in [-0.2, -0.15) is 0 Å². The normalized spacial score (nSPS) is 12.5. The number of para-hydroxylation sites is 4. The lowest BCUT2D eigenvalue weighted by atomic mass is 9.98. The molecule has 6 rings (SSSR count). The van der Waals surface area contributed by atoms with E-state index < -0.39 is 0 Å². The monoisotopic (exact) mass is 359 g/mol. The van der Waals surface area contributed by atoms with Crippen molar-refractivity contribution >= 4 is 38.6 Å². The van der Waals surface area contributed by atoms with Gasteiger partial charge >= 0.3 is 0 Å². The van der Waals surface area contributed by atoms with Crippen LogP contribution in [0.5, 0.6) is 11.5 Å². The Morgan fingerprint density at radius 2 is 0.964 bits per heavy atom. The highest BCUT2D eigenvalue weighted by molar-refractivity contribution is 6.14. The third-order valence-electron chi connectivity index (χ3n) is 5.40. The highest BCUT2D eigenvalue weighted by Crippen LogP contribution is 2.53. The number of anilines is 3. The zero-order valence-corrected chi connectivity index (χ0v) is 15.2. The van der Waals surface area contributed by atoms with E-state index in [-0.39, 0.29) is 0 Å². The molecule has 132 valence electrons. The molecule has 0 aliphatic carbocycles. The van der Waals surface area contributed by atoms with E-state index in [1.54, 1.807) is 0 Å². The van der Waals surface area contributed by atoms with E-state index in [4.69, 9.17) is 4.74 Å². The molecule has 1 heterocycles. The zero-order valence-electron chi connectivity index (χ0n) is 15.2. The van der Waals surface area contributed by atoms with Crippen molar-refractivity contribution in [1.29, 1.82) is 0 Å². The van der Waals surface area contributed by atoms with Crippen molar-refractivity contribution in [3.8, 4) is 11.5 Å². The second-order valence-corrected chi connectivity index (χ2v) is 7.04. The molecule has 0 saturated heterocycles. The Morgan fingerprint density at radius 3 is 1.54 bits per heavy atom. The van der Waals surface area contributed by atoms with Gasteiger partial charge in [0.15, 0.2) is 11.5 Å². The van der Waals surface area contributed by atoms with E-state index in [0.29, 0.717) is 0 Å². The summed E-state index contributed by atoms with van der Waals surface area (Å²) in [7, 11) is 0. The van der Waals surface area contributed by atoms with Crippen molar-refractivity contribution in [2.75, 3.05) is 4.90 Å². The maximum Gasteiger partial charge on any atom is 0.151 e. The topological polar surface area (TPSA) is 12.5 Å². The van der Waals surface area contributed by atoms with Crippen LogP contribution in [0.25, 0.3) is 21.5 Å². The van der Waals surface area contributed by atoms with Gasteiger partial charge in [-0.05, 0) is 41.1 Å². The third-order valence-corrected chi connectivity index (χ3v) is 5.40. The molecule has 0 saturated carbocycles. The fraction of sp³-hybridized carbons (Fsp3) is 0. The number of ether oxygens (including phenoxy) is 1. The van der Waals surface area contributed by atoms with Crippen molar-refractivity contribution in [2.45, 2.75) is 0 Å². The van der Waals surface area contributed by atoms with Crippen LogP contribution in [0, 0.1) is 0 Å². The van der Waals surface area contributed by atoms with Gasteiger partial charge in [-0.25, -0.2) is 0 Å². The van der Waals surface area contributed by atoms with E-state index in [1.807, 2.05) is 24.3 Å². The minimum atomic E-state index is 0.873. The van der Waals surface area contributed by atoms with Crippen molar-refractivity contribution in [3.05, 3.63) is 103 Å². The van der Waals surface area contributed by atoms with Crippen LogP contribution >= 0.6 is 0 Å². The summed E-state index contributed by atoms with van der Waals surface area (Å²) in [6, 6.07) is 36.0. The summed E-state index contributed by atoms with van der Waals surface area (Å²) in [6.07, 6.45) is 0. The minimum absolute atomic E-state index is 0.873. The first-order chi connectivity index (χ1) is 13.9. The number of rotatable bonds is 1. The number of nitrogens with zero attached hydrogens (tertiary/aromatic N) is 1. The summed E-state index contributed by atoms with van der Waals surface area (Å²) < 4.78 is 6.21. The van der Waals surface area contributed by atoms with Crippen LogP contribution in [0.3, 0.4) is 0 Å². The van der Waals surface area contributed by atoms with Gasteiger partial charge in [-0.15, -0.1) is 0 Å². The van der Waals surface area contributed by atoms with Gasteiger partial charge in [0, 0.05) is 10.8 Å². The summed E-state index contributed by atoms with van der Waals surface area (Å²) in [6.45, 7) is 0. The van der Waals surface area contributed by atoms with Crippen molar-refractivity contribution in [3.63, 3.8) is 0 Å². The summed E-state index contributed by atoms with van der Waals surface area (Å²) in [5.41, 5.74) is 3.31. The van der Waals surface area contributed by atoms with E-state index in [9.17, 15) is 0 Å². The molecule has 0 bridgehead atoms. The zero-order chi connectivity index (χ0) is 18.5. The highest BCUT2D eigenvalue weighted by Gasteiger charge is 2.27. The Morgan fingerprint density at radius 1 is 0.500 bits per heavy atom. The third kappa shape index (κ3) is 2.15.